The molecule has 0 aromatic carbocycles. The molecule has 0 aliphatic heterocycles. The minimum Gasteiger partial charge on any atom is -0.480 e. The highest BCUT2D eigenvalue weighted by atomic mass is 32.2. The molecule has 3 atom stereocenters. The summed E-state index contributed by atoms with van der Waals surface area (Å²) in [5.41, 5.74) is 5.34. The van der Waals surface area contributed by atoms with Gasteiger partial charge in [0.1, 0.15) is 6.04 Å². The number of hydrogen-bond acceptors (Lipinski definition) is 4. The van der Waals surface area contributed by atoms with E-state index >= 15 is 0 Å². The largest absolute Gasteiger partial charge is 0.480 e. The third-order valence-electron chi connectivity index (χ3n) is 2.22. The summed E-state index contributed by atoms with van der Waals surface area (Å²) in [4.78, 5) is 10.4. The highest BCUT2D eigenvalue weighted by Crippen LogP contribution is 2.29. The zero-order valence-electron chi connectivity index (χ0n) is 7.35. The minimum atomic E-state index is -0.972. The molecule has 0 amide bonds. The fraction of sp³-hybridized carbons (Fsp3) is 0.875. The molecule has 3 unspecified atom stereocenters. The molecule has 1 aliphatic rings. The molecule has 1 rings (SSSR count). The molecule has 76 valence electrons. The number of carboxylic acids is 1. The van der Waals surface area contributed by atoms with Crippen LogP contribution in [0.5, 0.6) is 0 Å². The maximum Gasteiger partial charge on any atom is 0.321 e. The number of aliphatic hydroxyl groups is 1. The van der Waals surface area contributed by atoms with Crippen LogP contribution < -0.4 is 5.73 Å². The Morgan fingerprint density at radius 2 is 2.31 bits per heavy atom. The van der Waals surface area contributed by atoms with E-state index in [1.54, 1.807) is 0 Å². The average molecular weight is 205 g/mol. The summed E-state index contributed by atoms with van der Waals surface area (Å²) in [5, 5.41) is 18.1. The fourth-order valence-corrected chi connectivity index (χ4v) is 2.69. The van der Waals surface area contributed by atoms with Gasteiger partial charge in [0.05, 0.1) is 6.10 Å². The first-order valence-electron chi connectivity index (χ1n) is 4.39. The molecule has 0 aromatic heterocycles. The second kappa shape index (κ2) is 4.83. The van der Waals surface area contributed by atoms with E-state index in [2.05, 4.69) is 0 Å². The molecular formula is C8H15NO3S. The lowest BCUT2D eigenvalue weighted by molar-refractivity contribution is -0.137. The van der Waals surface area contributed by atoms with Crippen LogP contribution in [0.2, 0.25) is 0 Å². The number of aliphatic carboxylic acids is 1. The van der Waals surface area contributed by atoms with Crippen molar-refractivity contribution < 1.29 is 15.0 Å². The predicted molar refractivity (Wildman–Crippen MR) is 51.7 cm³/mol. The number of carbonyl (C=O) groups is 1. The summed E-state index contributed by atoms with van der Waals surface area (Å²) in [6.07, 6.45) is 2.56. The lowest BCUT2D eigenvalue weighted by Crippen LogP contribution is -2.33. The van der Waals surface area contributed by atoms with Crippen LogP contribution in [0.1, 0.15) is 19.3 Å². The van der Waals surface area contributed by atoms with Gasteiger partial charge in [0, 0.05) is 11.0 Å². The van der Waals surface area contributed by atoms with Crippen molar-refractivity contribution in [3.8, 4) is 0 Å². The standard InChI is InChI=1S/C8H15NO3S/c9-5(8(11)12)4-13-7-3-1-2-6(7)10/h5-7,10H,1-4,9H2,(H,11,12). The molecule has 0 heterocycles. The second-order valence-corrected chi connectivity index (χ2v) is 4.59. The molecule has 13 heavy (non-hydrogen) atoms. The van der Waals surface area contributed by atoms with E-state index in [4.69, 9.17) is 10.8 Å². The lowest BCUT2D eigenvalue weighted by Gasteiger charge is -2.14. The zero-order valence-corrected chi connectivity index (χ0v) is 8.17. The Bertz CT molecular complexity index is 188. The second-order valence-electron chi connectivity index (χ2n) is 3.31. The molecule has 5 heteroatoms. The number of carboxylic acid groups (broad SMARTS) is 1. The van der Waals surface area contributed by atoms with Crippen molar-refractivity contribution in [1.82, 2.24) is 0 Å². The van der Waals surface area contributed by atoms with E-state index in [9.17, 15) is 9.90 Å². The van der Waals surface area contributed by atoms with Gasteiger partial charge in [-0.05, 0) is 19.3 Å². The van der Waals surface area contributed by atoms with Crippen molar-refractivity contribution in [1.29, 1.82) is 0 Å². The first kappa shape index (κ1) is 10.8. The molecule has 0 aromatic rings. The smallest absolute Gasteiger partial charge is 0.321 e. The van der Waals surface area contributed by atoms with Crippen molar-refractivity contribution in [3.63, 3.8) is 0 Å². The fourth-order valence-electron chi connectivity index (χ4n) is 1.40. The third-order valence-corrected chi connectivity index (χ3v) is 3.75. The van der Waals surface area contributed by atoms with Gasteiger partial charge in [-0.15, -0.1) is 0 Å². The SMILES string of the molecule is NC(CSC1CCCC1O)C(=O)O. The number of thioether (sulfide) groups is 1. The van der Waals surface area contributed by atoms with E-state index in [0.717, 1.165) is 19.3 Å². The van der Waals surface area contributed by atoms with Gasteiger partial charge in [0.15, 0.2) is 0 Å². The van der Waals surface area contributed by atoms with Crippen LogP contribution >= 0.6 is 11.8 Å². The molecule has 1 saturated carbocycles. The van der Waals surface area contributed by atoms with Gasteiger partial charge in [-0.1, -0.05) is 0 Å². The number of rotatable bonds is 4. The van der Waals surface area contributed by atoms with E-state index in [1.165, 1.54) is 11.8 Å². The van der Waals surface area contributed by atoms with E-state index in [1.807, 2.05) is 0 Å². The van der Waals surface area contributed by atoms with Crippen molar-refractivity contribution in [2.75, 3.05) is 5.75 Å². The topological polar surface area (TPSA) is 83.5 Å². The summed E-state index contributed by atoms with van der Waals surface area (Å²) in [7, 11) is 0. The predicted octanol–water partition coefficient (Wildman–Crippen LogP) is 0.0449. The van der Waals surface area contributed by atoms with Gasteiger partial charge < -0.3 is 15.9 Å². The van der Waals surface area contributed by atoms with Crippen LogP contribution in [0, 0.1) is 0 Å². The quantitative estimate of drug-likeness (QED) is 0.603. The van der Waals surface area contributed by atoms with Crippen molar-refractivity contribution in [2.24, 2.45) is 5.73 Å². The van der Waals surface area contributed by atoms with E-state index in [0.29, 0.717) is 5.75 Å². The molecule has 4 N–H and O–H groups in total. The summed E-state index contributed by atoms with van der Waals surface area (Å²) < 4.78 is 0. The maximum atomic E-state index is 10.4. The minimum absolute atomic E-state index is 0.186. The Kier molecular flexibility index (Phi) is 4.02. The van der Waals surface area contributed by atoms with Gasteiger partial charge in [0.25, 0.3) is 0 Å². The van der Waals surface area contributed by atoms with Crippen molar-refractivity contribution in [2.45, 2.75) is 36.7 Å². The summed E-state index contributed by atoms with van der Waals surface area (Å²) in [5.74, 6) is -0.586. The van der Waals surface area contributed by atoms with Crippen LogP contribution in [-0.4, -0.2) is 39.3 Å². The van der Waals surface area contributed by atoms with Crippen LogP contribution in [0.4, 0.5) is 0 Å². The van der Waals surface area contributed by atoms with Crippen LogP contribution in [0.3, 0.4) is 0 Å². The Balaban J connectivity index is 2.22. The average Bonchev–Trinajstić information content (AvgIpc) is 2.47. The summed E-state index contributed by atoms with van der Waals surface area (Å²) >= 11 is 1.47. The maximum absolute atomic E-state index is 10.4. The molecule has 0 spiro atoms. The van der Waals surface area contributed by atoms with Gasteiger partial charge in [-0.25, -0.2) is 0 Å². The molecule has 0 bridgehead atoms. The van der Waals surface area contributed by atoms with Crippen molar-refractivity contribution in [3.05, 3.63) is 0 Å². The molecule has 1 fully saturated rings. The first-order valence-corrected chi connectivity index (χ1v) is 5.44. The molecule has 0 saturated heterocycles. The highest BCUT2D eigenvalue weighted by molar-refractivity contribution is 8.00. The Labute approximate surface area is 81.5 Å². The van der Waals surface area contributed by atoms with Gasteiger partial charge in [-0.3, -0.25) is 4.79 Å². The normalized spacial score (nSPS) is 30.3. The summed E-state index contributed by atoms with van der Waals surface area (Å²) in [6, 6.07) is -0.808. The van der Waals surface area contributed by atoms with Gasteiger partial charge >= 0.3 is 5.97 Å². The Hall–Kier alpha value is -0.260. The van der Waals surface area contributed by atoms with Gasteiger partial charge in [-0.2, -0.15) is 11.8 Å². The zero-order chi connectivity index (χ0) is 9.84. The molecule has 1 aliphatic carbocycles. The molecular weight excluding hydrogens is 190 g/mol. The first-order chi connectivity index (χ1) is 6.11. The molecule has 0 radical (unpaired) electrons. The van der Waals surface area contributed by atoms with Crippen LogP contribution in [0.25, 0.3) is 0 Å². The highest BCUT2D eigenvalue weighted by Gasteiger charge is 2.26. The van der Waals surface area contributed by atoms with E-state index in [-0.39, 0.29) is 11.4 Å². The summed E-state index contributed by atoms with van der Waals surface area (Å²) in [6.45, 7) is 0. The Morgan fingerprint density at radius 3 is 2.77 bits per heavy atom. The number of nitrogens with two attached hydrogens (primary N) is 1. The lowest BCUT2D eigenvalue weighted by atomic mass is 10.3. The van der Waals surface area contributed by atoms with Crippen molar-refractivity contribution >= 4 is 17.7 Å². The van der Waals surface area contributed by atoms with Gasteiger partial charge in [0.2, 0.25) is 0 Å². The third kappa shape index (κ3) is 3.17. The molecule has 4 nitrogen and oxygen atoms in total. The van der Waals surface area contributed by atoms with E-state index < -0.39 is 12.0 Å². The monoisotopic (exact) mass is 205 g/mol. The Morgan fingerprint density at radius 1 is 1.62 bits per heavy atom. The number of aliphatic hydroxyl groups excluding tert-OH is 1. The van der Waals surface area contributed by atoms with Crippen LogP contribution in [-0.2, 0) is 4.79 Å². The van der Waals surface area contributed by atoms with Crippen LogP contribution in [0.15, 0.2) is 0 Å². The number of hydrogen-bond donors (Lipinski definition) is 3.